The zero-order valence-corrected chi connectivity index (χ0v) is 19.9. The minimum Gasteiger partial charge on any atom is -0.481 e. The average Bonchev–Trinajstić information content (AvgIpc) is 2.78. The third-order valence-electron chi connectivity index (χ3n) is 4.89. The van der Waals surface area contributed by atoms with Gasteiger partial charge in [-0.1, -0.05) is 0 Å². The second-order valence-corrected chi connectivity index (χ2v) is 7.96. The molecule has 0 aliphatic heterocycles. The normalized spacial score (nSPS) is 14.0. The average molecular weight is 503 g/mol. The van der Waals surface area contributed by atoms with Crippen LogP contribution in [0.4, 0.5) is 0 Å². The summed E-state index contributed by atoms with van der Waals surface area (Å²) < 4.78 is 0. The Morgan fingerprint density at radius 3 is 1.89 bits per heavy atom. The van der Waals surface area contributed by atoms with Crippen molar-refractivity contribution < 1.29 is 34.2 Å². The van der Waals surface area contributed by atoms with Gasteiger partial charge in [-0.25, -0.2) is 0 Å². The largest absolute Gasteiger partial charge is 0.481 e. The Morgan fingerprint density at radius 1 is 0.829 bits per heavy atom. The number of aliphatic carboxylic acids is 2. The van der Waals surface area contributed by atoms with E-state index in [1.165, 1.54) is 6.92 Å². The smallest absolute Gasteiger partial charge is 0.325 e. The molecule has 0 aromatic heterocycles. The van der Waals surface area contributed by atoms with Crippen LogP contribution < -0.4 is 38.9 Å². The number of carboxylic acid groups (broad SMARTS) is 2. The molecule has 0 radical (unpaired) electrons. The molecule has 0 aromatic carbocycles. The number of guanidine groups is 1. The van der Waals surface area contributed by atoms with Gasteiger partial charge in [0.2, 0.25) is 17.7 Å². The van der Waals surface area contributed by atoms with Crippen molar-refractivity contribution in [1.29, 1.82) is 0 Å². The van der Waals surface area contributed by atoms with E-state index in [-0.39, 0.29) is 38.2 Å². The van der Waals surface area contributed by atoms with Gasteiger partial charge in [0.15, 0.2) is 5.96 Å². The number of aliphatic imine (C=N–C) groups is 1. The fourth-order valence-electron chi connectivity index (χ4n) is 2.87. The van der Waals surface area contributed by atoms with Crippen molar-refractivity contribution >= 4 is 35.6 Å². The maximum atomic E-state index is 13.0. The second kappa shape index (κ2) is 17.0. The summed E-state index contributed by atoms with van der Waals surface area (Å²) in [4.78, 5) is 63.6. The molecular formula is C20H38N8O7. The summed E-state index contributed by atoms with van der Waals surface area (Å²) in [6, 6.07) is -4.55. The molecule has 15 heteroatoms. The number of carbonyl (C=O) groups is 5. The third-order valence-corrected chi connectivity index (χ3v) is 4.89. The number of rotatable bonds is 18. The van der Waals surface area contributed by atoms with Crippen LogP contribution in [0.3, 0.4) is 0 Å². The molecule has 0 aliphatic carbocycles. The van der Waals surface area contributed by atoms with Gasteiger partial charge < -0.3 is 49.1 Å². The fourth-order valence-corrected chi connectivity index (χ4v) is 2.87. The molecule has 4 atom stereocenters. The highest BCUT2D eigenvalue weighted by Crippen LogP contribution is 2.06. The Morgan fingerprint density at radius 2 is 1.37 bits per heavy atom. The summed E-state index contributed by atoms with van der Waals surface area (Å²) in [7, 11) is 0. The van der Waals surface area contributed by atoms with Crippen molar-refractivity contribution in [1.82, 2.24) is 16.0 Å². The molecule has 4 unspecified atom stereocenters. The van der Waals surface area contributed by atoms with Gasteiger partial charge in [-0.05, 0) is 52.0 Å². The lowest BCUT2D eigenvalue weighted by molar-refractivity contribution is -0.142. The highest BCUT2D eigenvalue weighted by molar-refractivity contribution is 5.94. The van der Waals surface area contributed by atoms with Crippen LogP contribution in [0.2, 0.25) is 0 Å². The molecule has 0 rings (SSSR count). The Labute approximate surface area is 203 Å². The Bertz CT molecular complexity index is 758. The zero-order chi connectivity index (χ0) is 27.0. The van der Waals surface area contributed by atoms with Gasteiger partial charge in [-0.2, -0.15) is 0 Å². The number of amides is 3. The standard InChI is InChI=1S/C20H38N8O7/c1-11(19(34)35)26-17(32)14(6-4-10-25-20(23)24)28-18(33)13(5-2-3-9-21)27-16(31)12(22)7-8-15(29)30/h11-14H,2-10,21-22H2,1H3,(H,26,32)(H,27,31)(H,28,33)(H,29,30)(H,34,35)(H4,23,24,25). The number of hydrogen-bond acceptors (Lipinski definition) is 8. The number of hydrogen-bond donors (Lipinski definition) is 9. The van der Waals surface area contributed by atoms with Crippen LogP contribution >= 0.6 is 0 Å². The van der Waals surface area contributed by atoms with Gasteiger partial charge in [-0.3, -0.25) is 29.0 Å². The quantitative estimate of drug-likeness (QED) is 0.0514. The van der Waals surface area contributed by atoms with Crippen LogP contribution in [0.5, 0.6) is 0 Å². The van der Waals surface area contributed by atoms with Gasteiger partial charge in [0.25, 0.3) is 0 Å². The minimum absolute atomic E-state index is 0.0856. The molecule has 3 amide bonds. The zero-order valence-electron chi connectivity index (χ0n) is 19.9. The van der Waals surface area contributed by atoms with Gasteiger partial charge in [-0.15, -0.1) is 0 Å². The first-order chi connectivity index (χ1) is 16.4. The highest BCUT2D eigenvalue weighted by Gasteiger charge is 2.29. The van der Waals surface area contributed by atoms with E-state index in [2.05, 4.69) is 20.9 Å². The van der Waals surface area contributed by atoms with Crippen LogP contribution in [0.25, 0.3) is 0 Å². The summed E-state index contributed by atoms with van der Waals surface area (Å²) in [5, 5.41) is 25.1. The van der Waals surface area contributed by atoms with Crippen molar-refractivity contribution in [3.05, 3.63) is 0 Å². The Hall–Kier alpha value is -3.46. The number of unbranched alkanes of at least 4 members (excludes halogenated alkanes) is 1. The van der Waals surface area contributed by atoms with Crippen molar-refractivity contribution in [3.8, 4) is 0 Å². The topological polar surface area (TPSA) is 278 Å². The van der Waals surface area contributed by atoms with Crippen molar-refractivity contribution in [2.24, 2.45) is 27.9 Å². The van der Waals surface area contributed by atoms with E-state index in [4.69, 9.17) is 33.1 Å². The maximum Gasteiger partial charge on any atom is 0.325 e. The molecule has 0 bridgehead atoms. The first-order valence-electron chi connectivity index (χ1n) is 11.3. The van der Waals surface area contributed by atoms with Gasteiger partial charge in [0, 0.05) is 13.0 Å². The molecule has 0 fully saturated rings. The van der Waals surface area contributed by atoms with Crippen molar-refractivity contribution in [3.63, 3.8) is 0 Å². The summed E-state index contributed by atoms with van der Waals surface area (Å²) in [6.45, 7) is 1.81. The lowest BCUT2D eigenvalue weighted by Crippen LogP contribution is -2.56. The second-order valence-electron chi connectivity index (χ2n) is 7.96. The molecule has 13 N–H and O–H groups in total. The summed E-state index contributed by atoms with van der Waals surface area (Å²) in [5.74, 6) is -4.65. The number of nitrogens with two attached hydrogens (primary N) is 4. The lowest BCUT2D eigenvalue weighted by Gasteiger charge is -2.24. The summed E-state index contributed by atoms with van der Waals surface area (Å²) in [5.41, 5.74) is 21.8. The Balaban J connectivity index is 5.44. The van der Waals surface area contributed by atoms with E-state index in [1.807, 2.05) is 0 Å². The number of nitrogens with zero attached hydrogens (tertiary/aromatic N) is 1. The van der Waals surface area contributed by atoms with Crippen LogP contribution in [0, 0.1) is 0 Å². The highest BCUT2D eigenvalue weighted by atomic mass is 16.4. The van der Waals surface area contributed by atoms with E-state index in [1.54, 1.807) is 0 Å². The molecule has 200 valence electrons. The monoisotopic (exact) mass is 502 g/mol. The predicted molar refractivity (Wildman–Crippen MR) is 127 cm³/mol. The van der Waals surface area contributed by atoms with E-state index < -0.39 is 53.8 Å². The van der Waals surface area contributed by atoms with Crippen LogP contribution in [-0.4, -0.2) is 83.1 Å². The first kappa shape index (κ1) is 31.5. The molecule has 0 heterocycles. The van der Waals surface area contributed by atoms with Crippen LogP contribution in [0.1, 0.15) is 51.9 Å². The lowest BCUT2D eigenvalue weighted by atomic mass is 10.0. The van der Waals surface area contributed by atoms with Crippen LogP contribution in [0.15, 0.2) is 4.99 Å². The van der Waals surface area contributed by atoms with E-state index in [9.17, 15) is 24.0 Å². The molecule has 0 saturated carbocycles. The van der Waals surface area contributed by atoms with E-state index in [0.717, 1.165) is 0 Å². The van der Waals surface area contributed by atoms with Gasteiger partial charge in [0.05, 0.1) is 6.04 Å². The van der Waals surface area contributed by atoms with Crippen molar-refractivity contribution in [2.45, 2.75) is 76.0 Å². The number of carbonyl (C=O) groups excluding carboxylic acids is 3. The molecular weight excluding hydrogens is 464 g/mol. The third kappa shape index (κ3) is 14.4. The first-order valence-corrected chi connectivity index (χ1v) is 11.3. The summed E-state index contributed by atoms with van der Waals surface area (Å²) >= 11 is 0. The van der Waals surface area contributed by atoms with Gasteiger partial charge >= 0.3 is 11.9 Å². The predicted octanol–water partition coefficient (Wildman–Crippen LogP) is -3.08. The van der Waals surface area contributed by atoms with E-state index >= 15 is 0 Å². The fraction of sp³-hybridized carbons (Fsp3) is 0.700. The molecule has 0 aromatic rings. The SMILES string of the molecule is CC(NC(=O)C(CCCN=C(N)N)NC(=O)C(CCCCN)NC(=O)C(N)CCC(=O)O)C(=O)O. The number of carboxylic acids is 2. The van der Waals surface area contributed by atoms with E-state index in [0.29, 0.717) is 25.8 Å². The van der Waals surface area contributed by atoms with Crippen molar-refractivity contribution in [2.75, 3.05) is 13.1 Å². The molecule has 0 aliphatic rings. The summed E-state index contributed by atoms with van der Waals surface area (Å²) in [6.07, 6.45) is 1.18. The Kier molecular flexibility index (Phi) is 15.4. The maximum absolute atomic E-state index is 13.0. The molecule has 0 saturated heterocycles. The molecule has 15 nitrogen and oxygen atoms in total. The van der Waals surface area contributed by atoms with Crippen LogP contribution in [-0.2, 0) is 24.0 Å². The van der Waals surface area contributed by atoms with Gasteiger partial charge in [0.1, 0.15) is 18.1 Å². The molecule has 35 heavy (non-hydrogen) atoms. The number of nitrogens with one attached hydrogen (secondary N) is 3. The molecule has 0 spiro atoms. The minimum atomic E-state index is -1.26.